The molecule has 2 heterocycles. The van der Waals surface area contributed by atoms with Gasteiger partial charge in [-0.25, -0.2) is 4.39 Å². The molecule has 1 aromatic heterocycles. The summed E-state index contributed by atoms with van der Waals surface area (Å²) in [6.07, 6.45) is 2.56. The normalized spacial score (nSPS) is 13.5. The lowest BCUT2D eigenvalue weighted by molar-refractivity contribution is -0.444. The second kappa shape index (κ2) is 13.3. The van der Waals surface area contributed by atoms with Gasteiger partial charge in [0.15, 0.2) is 12.3 Å². The molecule has 252 valence electrons. The first-order valence-electron chi connectivity index (χ1n) is 18.2. The molecule has 0 spiro atoms. The lowest BCUT2D eigenvalue weighted by Crippen LogP contribution is -2.29. The zero-order valence-electron chi connectivity index (χ0n) is 29.5. The van der Waals surface area contributed by atoms with Crippen LogP contribution >= 0.6 is 0 Å². The van der Waals surface area contributed by atoms with Gasteiger partial charge in [-0.3, -0.25) is 0 Å². The molecule has 1 aliphatic carbocycles. The van der Waals surface area contributed by atoms with Gasteiger partial charge in [0.2, 0.25) is 5.69 Å². The largest absolute Gasteiger partial charge is 0.234 e. The summed E-state index contributed by atoms with van der Waals surface area (Å²) < 4.78 is 16.4. The van der Waals surface area contributed by atoms with Gasteiger partial charge in [0.25, 0.3) is 0 Å². The van der Waals surface area contributed by atoms with Crippen LogP contribution in [0.1, 0.15) is 57.1 Å². The molecule has 4 heteroatoms. The van der Waals surface area contributed by atoms with Crippen LogP contribution in [0.3, 0.4) is 0 Å². The number of hydrogen-bond acceptors (Lipinski definition) is 2. The third-order valence-electron chi connectivity index (χ3n) is 10.9. The van der Waals surface area contributed by atoms with E-state index in [0.29, 0.717) is 0 Å². The lowest BCUT2D eigenvalue weighted by atomic mass is 9.84. The Morgan fingerprint density at radius 2 is 1.15 bits per heavy atom. The van der Waals surface area contributed by atoms with Crippen molar-refractivity contribution in [3.8, 4) is 33.4 Å². The zero-order valence-corrected chi connectivity index (χ0v) is 29.5. The van der Waals surface area contributed by atoms with Gasteiger partial charge >= 0.3 is 0 Å². The number of rotatable bonds is 7. The van der Waals surface area contributed by atoms with Gasteiger partial charge < -0.3 is 0 Å². The van der Waals surface area contributed by atoms with Crippen molar-refractivity contribution in [3.05, 3.63) is 196 Å². The van der Waals surface area contributed by atoms with Crippen LogP contribution in [0.2, 0.25) is 0 Å². The Labute approximate surface area is 304 Å². The molecular weight excluding hydrogens is 638 g/mol. The molecule has 0 N–H and O–H groups in total. The quantitative estimate of drug-likeness (QED) is 0.157. The van der Waals surface area contributed by atoms with Crippen LogP contribution in [0.4, 0.5) is 10.1 Å². The molecule has 0 saturated carbocycles. The highest BCUT2D eigenvalue weighted by Gasteiger charge is 2.39. The Bertz CT molecular complexity index is 2390. The fourth-order valence-corrected chi connectivity index (χ4v) is 8.46. The fraction of sp³-hybridized carbons (Fsp3) is 0.146. The number of hydrogen-bond donors (Lipinski definition) is 0. The van der Waals surface area contributed by atoms with Gasteiger partial charge in [0.05, 0.1) is 11.3 Å². The summed E-state index contributed by atoms with van der Waals surface area (Å²) in [6.45, 7) is 5.08. The summed E-state index contributed by atoms with van der Waals surface area (Å²) >= 11 is 0. The molecule has 2 aliphatic rings. The van der Waals surface area contributed by atoms with E-state index < -0.39 is 0 Å². The standard InChI is InChI=1S/C48H39FN3/c1-31-46(48(32(2)51-50-31)52-28-27-36-15-9-10-16-40(36)45(52)26-19-33-17-22-39(49)23-18-33)47-43-29-37(34-11-5-3-6-12-34)20-24-41(43)42-25-21-38(30-44(42)47)35-13-7-4-8-14-35/h3-18,20-25,29-30,47H,19,26-28H2,1-2H3/q+1. The predicted molar refractivity (Wildman–Crippen MR) is 209 cm³/mol. The number of halogens is 1. The van der Waals surface area contributed by atoms with Crippen LogP contribution < -0.4 is 0 Å². The summed E-state index contributed by atoms with van der Waals surface area (Å²) in [5.41, 5.74) is 19.2. The van der Waals surface area contributed by atoms with Crippen LogP contribution in [-0.2, 0) is 12.8 Å². The first-order valence-corrected chi connectivity index (χ1v) is 18.2. The maximum absolute atomic E-state index is 13.9. The van der Waals surface area contributed by atoms with Crippen molar-refractivity contribution in [1.29, 1.82) is 0 Å². The van der Waals surface area contributed by atoms with Gasteiger partial charge in [0.1, 0.15) is 11.5 Å². The maximum Gasteiger partial charge on any atom is 0.234 e. The summed E-state index contributed by atoms with van der Waals surface area (Å²) in [5.74, 6) is -0.250. The Morgan fingerprint density at radius 1 is 0.577 bits per heavy atom. The van der Waals surface area contributed by atoms with Crippen molar-refractivity contribution in [2.75, 3.05) is 6.54 Å². The molecule has 0 fully saturated rings. The summed E-state index contributed by atoms with van der Waals surface area (Å²) in [5, 5.41) is 9.64. The van der Waals surface area contributed by atoms with Crippen molar-refractivity contribution in [1.82, 2.24) is 10.2 Å². The van der Waals surface area contributed by atoms with Gasteiger partial charge in [-0.05, 0) is 106 Å². The highest BCUT2D eigenvalue weighted by Crippen LogP contribution is 2.53. The first kappa shape index (κ1) is 31.9. The van der Waals surface area contributed by atoms with E-state index >= 15 is 0 Å². The minimum atomic E-state index is -0.206. The number of aryl methyl sites for hydroxylation is 3. The van der Waals surface area contributed by atoms with Crippen molar-refractivity contribution < 1.29 is 8.97 Å². The van der Waals surface area contributed by atoms with Crippen LogP contribution in [0.25, 0.3) is 33.4 Å². The Morgan fingerprint density at radius 3 is 1.79 bits per heavy atom. The Balaban J connectivity index is 1.28. The average Bonchev–Trinajstić information content (AvgIpc) is 3.51. The maximum atomic E-state index is 13.9. The third kappa shape index (κ3) is 5.65. The van der Waals surface area contributed by atoms with Crippen molar-refractivity contribution >= 4 is 11.4 Å². The molecule has 0 saturated heterocycles. The molecule has 9 rings (SSSR count). The molecule has 0 bridgehead atoms. The van der Waals surface area contributed by atoms with Gasteiger partial charge in [0, 0.05) is 24.3 Å². The summed E-state index contributed by atoms with van der Waals surface area (Å²) in [4.78, 5) is 0. The lowest BCUT2D eigenvalue weighted by Gasteiger charge is -2.24. The molecule has 6 aromatic carbocycles. The van der Waals surface area contributed by atoms with E-state index in [2.05, 4.69) is 140 Å². The van der Waals surface area contributed by atoms with Crippen molar-refractivity contribution in [2.45, 2.75) is 39.0 Å². The number of benzene rings is 6. The zero-order chi connectivity index (χ0) is 35.2. The molecule has 0 atom stereocenters. The summed E-state index contributed by atoms with van der Waals surface area (Å²) in [7, 11) is 0. The van der Waals surface area contributed by atoms with E-state index in [4.69, 9.17) is 10.2 Å². The van der Waals surface area contributed by atoms with Gasteiger partial charge in [-0.15, -0.1) is 5.10 Å². The van der Waals surface area contributed by atoms with E-state index in [-0.39, 0.29) is 11.7 Å². The number of nitrogens with zero attached hydrogens (tertiary/aromatic N) is 3. The van der Waals surface area contributed by atoms with Crippen molar-refractivity contribution in [2.24, 2.45) is 0 Å². The predicted octanol–water partition coefficient (Wildman–Crippen LogP) is 11.0. The minimum absolute atomic E-state index is 0.0444. The van der Waals surface area contributed by atoms with Crippen LogP contribution in [0.15, 0.2) is 146 Å². The SMILES string of the molecule is Cc1nnc(C)c([N+]2=C(CCc3ccc(F)cc3)c3ccccc3CC2)c1C1c2cc(-c3ccccc3)ccc2-c2ccc(-c3ccccc3)cc21. The van der Waals surface area contributed by atoms with Crippen molar-refractivity contribution in [3.63, 3.8) is 0 Å². The minimum Gasteiger partial charge on any atom is -0.207 e. The smallest absolute Gasteiger partial charge is 0.207 e. The van der Waals surface area contributed by atoms with E-state index in [1.54, 1.807) is 12.1 Å². The second-order valence-corrected chi connectivity index (χ2v) is 14.0. The molecule has 1 aliphatic heterocycles. The molecule has 0 radical (unpaired) electrons. The third-order valence-corrected chi connectivity index (χ3v) is 10.9. The highest BCUT2D eigenvalue weighted by molar-refractivity contribution is 6.00. The van der Waals surface area contributed by atoms with Crippen LogP contribution in [-0.4, -0.2) is 27.0 Å². The molecule has 3 nitrogen and oxygen atoms in total. The topological polar surface area (TPSA) is 28.8 Å². The van der Waals surface area contributed by atoms with Gasteiger partial charge in [-0.1, -0.05) is 115 Å². The van der Waals surface area contributed by atoms with E-state index in [1.807, 2.05) is 12.1 Å². The second-order valence-electron chi connectivity index (χ2n) is 14.0. The van der Waals surface area contributed by atoms with E-state index in [1.165, 1.54) is 66.9 Å². The van der Waals surface area contributed by atoms with Crippen LogP contribution in [0, 0.1) is 19.7 Å². The molecule has 52 heavy (non-hydrogen) atoms. The average molecular weight is 677 g/mol. The summed E-state index contributed by atoms with van der Waals surface area (Å²) in [6, 6.07) is 51.0. The van der Waals surface area contributed by atoms with E-state index in [9.17, 15) is 4.39 Å². The number of fused-ring (bicyclic) bond motifs is 4. The Kier molecular flexibility index (Phi) is 8.16. The number of aromatic nitrogens is 2. The van der Waals surface area contributed by atoms with Gasteiger partial charge in [-0.2, -0.15) is 9.67 Å². The monoisotopic (exact) mass is 676 g/mol. The molecule has 0 unspecified atom stereocenters. The fourth-order valence-electron chi connectivity index (χ4n) is 8.46. The Hall–Kier alpha value is -6.00. The van der Waals surface area contributed by atoms with Crippen LogP contribution in [0.5, 0.6) is 0 Å². The molecule has 0 amide bonds. The van der Waals surface area contributed by atoms with E-state index in [0.717, 1.165) is 48.4 Å². The molecular formula is C48H39FN3+. The molecule has 7 aromatic rings. The first-order chi connectivity index (χ1) is 25.5. The highest BCUT2D eigenvalue weighted by atomic mass is 19.1.